The molecule has 0 amide bonds. The fraction of sp³-hybridized carbons (Fsp3) is 0.350. The van der Waals surface area contributed by atoms with Gasteiger partial charge in [0.05, 0.1) is 12.0 Å². The number of carboxylic acid groups (broad SMARTS) is 1. The number of hydrogen-bond acceptors (Lipinski definition) is 2. The van der Waals surface area contributed by atoms with E-state index in [9.17, 15) is 9.90 Å². The summed E-state index contributed by atoms with van der Waals surface area (Å²) < 4.78 is 0. The van der Waals surface area contributed by atoms with Crippen molar-refractivity contribution in [3.8, 4) is 0 Å². The van der Waals surface area contributed by atoms with E-state index in [-0.39, 0.29) is 12.0 Å². The lowest BCUT2D eigenvalue weighted by molar-refractivity contribution is -0.143. The zero-order chi connectivity index (χ0) is 17.1. The average molecular weight is 344 g/mol. The highest BCUT2D eigenvalue weighted by molar-refractivity contribution is 6.31. The monoisotopic (exact) mass is 343 g/mol. The van der Waals surface area contributed by atoms with E-state index in [4.69, 9.17) is 11.6 Å². The minimum atomic E-state index is -0.706. The highest BCUT2D eigenvalue weighted by atomic mass is 35.5. The number of rotatable bonds is 4. The molecular weight excluding hydrogens is 322 g/mol. The first-order valence-electron chi connectivity index (χ1n) is 8.34. The molecule has 0 aliphatic carbocycles. The van der Waals surface area contributed by atoms with Crippen LogP contribution >= 0.6 is 11.6 Å². The predicted octanol–water partition coefficient (Wildman–Crippen LogP) is 4.53. The van der Waals surface area contributed by atoms with Gasteiger partial charge in [0.25, 0.3) is 0 Å². The molecule has 1 aliphatic rings. The number of hydrogen-bond donors (Lipinski definition) is 1. The maximum atomic E-state index is 11.5. The molecule has 0 aromatic heterocycles. The summed E-state index contributed by atoms with van der Waals surface area (Å²) in [4.78, 5) is 13.7. The second-order valence-electron chi connectivity index (χ2n) is 6.45. The lowest BCUT2D eigenvalue weighted by Crippen LogP contribution is -2.41. The Hall–Kier alpha value is -1.84. The molecular formula is C20H22ClNO2. The van der Waals surface area contributed by atoms with Crippen molar-refractivity contribution in [2.24, 2.45) is 5.92 Å². The standard InChI is InChI=1S/C20H22ClNO2/c1-14-7-2-3-9-16(14)19(17-10-4-5-11-18(17)21)22-12-6-8-15(13-22)20(23)24/h2-5,7,9-11,15,19H,6,8,12-13H2,1H3,(H,23,24). The van der Waals surface area contributed by atoms with E-state index in [0.717, 1.165) is 30.0 Å². The van der Waals surface area contributed by atoms with Crippen LogP contribution in [0.4, 0.5) is 0 Å². The van der Waals surface area contributed by atoms with E-state index in [2.05, 4.69) is 24.0 Å². The molecule has 2 atom stereocenters. The van der Waals surface area contributed by atoms with Gasteiger partial charge in [0, 0.05) is 11.6 Å². The van der Waals surface area contributed by atoms with E-state index in [1.807, 2.05) is 36.4 Å². The van der Waals surface area contributed by atoms with Crippen molar-refractivity contribution < 1.29 is 9.90 Å². The quantitative estimate of drug-likeness (QED) is 0.886. The van der Waals surface area contributed by atoms with Gasteiger partial charge in [-0.05, 0) is 49.1 Å². The molecule has 126 valence electrons. The van der Waals surface area contributed by atoms with Gasteiger partial charge in [-0.3, -0.25) is 9.69 Å². The summed E-state index contributed by atoms with van der Waals surface area (Å²) in [5.74, 6) is -1.02. The van der Waals surface area contributed by atoms with E-state index in [0.29, 0.717) is 6.54 Å². The third-order valence-electron chi connectivity index (χ3n) is 4.85. The van der Waals surface area contributed by atoms with Crippen LogP contribution < -0.4 is 0 Å². The minimum Gasteiger partial charge on any atom is -0.481 e. The number of piperidine rings is 1. The van der Waals surface area contributed by atoms with Gasteiger partial charge in [-0.25, -0.2) is 0 Å². The number of nitrogens with zero attached hydrogens (tertiary/aromatic N) is 1. The number of likely N-dealkylation sites (tertiary alicyclic amines) is 1. The summed E-state index contributed by atoms with van der Waals surface area (Å²) >= 11 is 6.50. The van der Waals surface area contributed by atoms with Gasteiger partial charge in [0.15, 0.2) is 0 Å². The van der Waals surface area contributed by atoms with Crippen LogP contribution in [0.15, 0.2) is 48.5 Å². The van der Waals surface area contributed by atoms with Gasteiger partial charge in [-0.2, -0.15) is 0 Å². The van der Waals surface area contributed by atoms with E-state index in [1.54, 1.807) is 0 Å². The smallest absolute Gasteiger partial charge is 0.307 e. The Balaban J connectivity index is 2.04. The normalized spacial score (nSPS) is 19.8. The third-order valence-corrected chi connectivity index (χ3v) is 5.19. The summed E-state index contributed by atoms with van der Waals surface area (Å²) in [6.45, 7) is 3.53. The molecule has 1 N–H and O–H groups in total. The predicted molar refractivity (Wildman–Crippen MR) is 96.4 cm³/mol. The molecule has 0 spiro atoms. The topological polar surface area (TPSA) is 40.5 Å². The zero-order valence-corrected chi connectivity index (χ0v) is 14.5. The molecule has 1 heterocycles. The molecule has 3 nitrogen and oxygen atoms in total. The Morgan fingerprint density at radius 3 is 2.50 bits per heavy atom. The Morgan fingerprint density at radius 1 is 1.17 bits per heavy atom. The highest BCUT2D eigenvalue weighted by Crippen LogP contribution is 2.37. The molecule has 2 aromatic rings. The first kappa shape index (κ1) is 17.0. The van der Waals surface area contributed by atoms with Gasteiger partial charge < -0.3 is 5.11 Å². The van der Waals surface area contributed by atoms with Crippen LogP contribution in [0, 0.1) is 12.8 Å². The minimum absolute atomic E-state index is 0.0120. The molecule has 1 fully saturated rings. The van der Waals surface area contributed by atoms with Crippen LogP contribution in [0.3, 0.4) is 0 Å². The van der Waals surface area contributed by atoms with Gasteiger partial charge in [-0.1, -0.05) is 54.1 Å². The van der Waals surface area contributed by atoms with Crippen molar-refractivity contribution >= 4 is 17.6 Å². The van der Waals surface area contributed by atoms with Crippen molar-refractivity contribution in [3.05, 3.63) is 70.2 Å². The Morgan fingerprint density at radius 2 is 1.83 bits per heavy atom. The van der Waals surface area contributed by atoms with Crippen LogP contribution in [0.2, 0.25) is 5.02 Å². The summed E-state index contributed by atoms with van der Waals surface area (Å²) in [5, 5.41) is 10.2. The number of carbonyl (C=O) groups is 1. The summed E-state index contributed by atoms with van der Waals surface area (Å²) in [6.07, 6.45) is 1.64. The molecule has 0 radical (unpaired) electrons. The zero-order valence-electron chi connectivity index (χ0n) is 13.8. The summed E-state index contributed by atoms with van der Waals surface area (Å²) in [7, 11) is 0. The fourth-order valence-corrected chi connectivity index (χ4v) is 3.83. The number of carboxylic acids is 1. The fourth-order valence-electron chi connectivity index (χ4n) is 3.59. The van der Waals surface area contributed by atoms with E-state index >= 15 is 0 Å². The lowest BCUT2D eigenvalue weighted by atomic mass is 9.89. The summed E-state index contributed by atoms with van der Waals surface area (Å²) in [6, 6.07) is 16.1. The van der Waals surface area contributed by atoms with Gasteiger partial charge in [0.1, 0.15) is 0 Å². The third kappa shape index (κ3) is 3.47. The van der Waals surface area contributed by atoms with Crippen LogP contribution in [0.5, 0.6) is 0 Å². The number of aryl methyl sites for hydroxylation is 1. The maximum Gasteiger partial charge on any atom is 0.307 e. The van der Waals surface area contributed by atoms with Crippen molar-refractivity contribution in [1.82, 2.24) is 4.90 Å². The molecule has 2 unspecified atom stereocenters. The van der Waals surface area contributed by atoms with Gasteiger partial charge >= 0.3 is 5.97 Å². The Kier molecular flexibility index (Phi) is 5.22. The molecule has 24 heavy (non-hydrogen) atoms. The Bertz CT molecular complexity index is 686. The molecule has 1 aliphatic heterocycles. The van der Waals surface area contributed by atoms with Gasteiger partial charge in [-0.15, -0.1) is 0 Å². The number of benzene rings is 2. The maximum absolute atomic E-state index is 11.5. The van der Waals surface area contributed by atoms with Crippen LogP contribution in [0.25, 0.3) is 0 Å². The molecule has 3 rings (SSSR count). The first-order valence-corrected chi connectivity index (χ1v) is 8.72. The van der Waals surface area contributed by atoms with E-state index < -0.39 is 5.97 Å². The van der Waals surface area contributed by atoms with Crippen molar-refractivity contribution in [1.29, 1.82) is 0 Å². The largest absolute Gasteiger partial charge is 0.481 e. The molecule has 0 saturated carbocycles. The van der Waals surface area contributed by atoms with Crippen LogP contribution in [-0.4, -0.2) is 29.1 Å². The molecule has 4 heteroatoms. The van der Waals surface area contributed by atoms with Crippen LogP contribution in [0.1, 0.15) is 35.6 Å². The van der Waals surface area contributed by atoms with Crippen molar-refractivity contribution in [2.45, 2.75) is 25.8 Å². The molecule has 1 saturated heterocycles. The van der Waals surface area contributed by atoms with Crippen molar-refractivity contribution in [3.63, 3.8) is 0 Å². The lowest BCUT2D eigenvalue weighted by Gasteiger charge is -2.38. The van der Waals surface area contributed by atoms with Crippen molar-refractivity contribution in [2.75, 3.05) is 13.1 Å². The second-order valence-corrected chi connectivity index (χ2v) is 6.86. The number of aliphatic carboxylic acids is 1. The Labute approximate surface area is 147 Å². The molecule has 2 aromatic carbocycles. The molecule has 0 bridgehead atoms. The number of halogens is 1. The summed E-state index contributed by atoms with van der Waals surface area (Å²) in [5.41, 5.74) is 3.43. The van der Waals surface area contributed by atoms with Gasteiger partial charge in [0.2, 0.25) is 0 Å². The average Bonchev–Trinajstić information content (AvgIpc) is 2.59. The highest BCUT2D eigenvalue weighted by Gasteiger charge is 2.32. The van der Waals surface area contributed by atoms with Crippen LogP contribution in [-0.2, 0) is 4.79 Å². The SMILES string of the molecule is Cc1ccccc1C(c1ccccc1Cl)N1CCCC(C(=O)O)C1. The van der Waals surface area contributed by atoms with E-state index in [1.165, 1.54) is 11.1 Å². The first-order chi connectivity index (χ1) is 11.6. The second kappa shape index (κ2) is 7.37.